The van der Waals surface area contributed by atoms with E-state index in [0.717, 1.165) is 33.7 Å². The second-order valence-electron chi connectivity index (χ2n) is 6.58. The van der Waals surface area contributed by atoms with Crippen molar-refractivity contribution in [1.29, 1.82) is 0 Å². The van der Waals surface area contributed by atoms with E-state index in [1.807, 2.05) is 52.0 Å². The molecule has 2 aromatic rings. The molecule has 1 amide bonds. The van der Waals surface area contributed by atoms with Crippen LogP contribution in [-0.4, -0.2) is 18.1 Å². The van der Waals surface area contributed by atoms with Crippen molar-refractivity contribution in [3.63, 3.8) is 0 Å². The molecule has 1 aliphatic rings. The van der Waals surface area contributed by atoms with Crippen LogP contribution in [0.1, 0.15) is 35.2 Å². The minimum atomic E-state index is -0.111. The minimum Gasteiger partial charge on any atom is -0.508 e. The van der Waals surface area contributed by atoms with E-state index in [1.165, 1.54) is 0 Å². The molecule has 1 aliphatic heterocycles. The molecule has 0 spiro atoms. The van der Waals surface area contributed by atoms with E-state index in [0.29, 0.717) is 0 Å². The monoisotopic (exact) mass is 325 g/mol. The summed E-state index contributed by atoms with van der Waals surface area (Å²) in [5.41, 5.74) is 4.77. The van der Waals surface area contributed by atoms with Crippen LogP contribution in [0.3, 0.4) is 0 Å². The predicted molar refractivity (Wildman–Crippen MR) is 94.7 cm³/mol. The Morgan fingerprint density at radius 3 is 2.42 bits per heavy atom. The van der Waals surface area contributed by atoms with Crippen LogP contribution in [0.25, 0.3) is 0 Å². The lowest BCUT2D eigenvalue weighted by molar-refractivity contribution is -0.129. The number of β-lactam (4-membered cyclic amide) rings is 1. The Morgan fingerprint density at radius 2 is 1.79 bits per heavy atom. The van der Waals surface area contributed by atoms with E-state index in [4.69, 9.17) is 4.74 Å². The molecule has 126 valence electrons. The highest BCUT2D eigenvalue weighted by Crippen LogP contribution is 2.45. The first kappa shape index (κ1) is 16.4. The third kappa shape index (κ3) is 2.42. The van der Waals surface area contributed by atoms with Crippen molar-refractivity contribution in [3.05, 3.63) is 52.6 Å². The second-order valence-corrected chi connectivity index (χ2v) is 6.58. The molecule has 1 saturated heterocycles. The zero-order chi connectivity index (χ0) is 17.6. The summed E-state index contributed by atoms with van der Waals surface area (Å²) in [5, 5.41) is 10.0. The van der Waals surface area contributed by atoms with Crippen LogP contribution in [0.2, 0.25) is 0 Å². The molecule has 0 aliphatic carbocycles. The van der Waals surface area contributed by atoms with Crippen molar-refractivity contribution in [2.45, 2.75) is 33.7 Å². The third-order valence-corrected chi connectivity index (χ3v) is 5.06. The SMILES string of the molecule is COc1cc(N2C(=O)[C@H](C)[C@@H]2c2ccc(C)c(O)c2)cc(C)c1C. The summed E-state index contributed by atoms with van der Waals surface area (Å²) in [4.78, 5) is 14.3. The zero-order valence-corrected chi connectivity index (χ0v) is 14.8. The van der Waals surface area contributed by atoms with Crippen LogP contribution in [0.4, 0.5) is 5.69 Å². The summed E-state index contributed by atoms with van der Waals surface area (Å²) in [6.07, 6.45) is 0. The molecular formula is C20H23NO3. The van der Waals surface area contributed by atoms with Gasteiger partial charge in [-0.15, -0.1) is 0 Å². The largest absolute Gasteiger partial charge is 0.508 e. The molecule has 0 radical (unpaired) electrons. The topological polar surface area (TPSA) is 49.8 Å². The van der Waals surface area contributed by atoms with Gasteiger partial charge in [0.1, 0.15) is 11.5 Å². The highest BCUT2D eigenvalue weighted by atomic mass is 16.5. The number of carbonyl (C=O) groups is 1. The Morgan fingerprint density at radius 1 is 1.08 bits per heavy atom. The van der Waals surface area contributed by atoms with Crippen molar-refractivity contribution in [2.75, 3.05) is 12.0 Å². The van der Waals surface area contributed by atoms with Gasteiger partial charge in [0.05, 0.1) is 19.1 Å². The summed E-state index contributed by atoms with van der Waals surface area (Å²) in [6, 6.07) is 9.48. The molecule has 24 heavy (non-hydrogen) atoms. The Labute approximate surface area is 142 Å². The lowest BCUT2D eigenvalue weighted by Crippen LogP contribution is -2.54. The molecule has 1 heterocycles. The normalized spacial score (nSPS) is 20.0. The standard InChI is InChI=1S/C20H23NO3/c1-11-6-7-15(9-17(11)22)19-14(4)20(23)21(19)16-8-12(2)13(3)18(10-16)24-5/h6-10,14,19,22H,1-5H3/t14-,19-/m1/s1. The molecule has 2 aromatic carbocycles. The molecule has 1 N–H and O–H groups in total. The first-order valence-corrected chi connectivity index (χ1v) is 8.13. The van der Waals surface area contributed by atoms with Crippen molar-refractivity contribution in [3.8, 4) is 11.5 Å². The van der Waals surface area contributed by atoms with Crippen LogP contribution in [0, 0.1) is 26.7 Å². The van der Waals surface area contributed by atoms with Gasteiger partial charge in [-0.2, -0.15) is 0 Å². The van der Waals surface area contributed by atoms with Crippen molar-refractivity contribution >= 4 is 11.6 Å². The van der Waals surface area contributed by atoms with E-state index in [-0.39, 0.29) is 23.6 Å². The average Bonchev–Trinajstić information content (AvgIpc) is 2.57. The van der Waals surface area contributed by atoms with Gasteiger partial charge < -0.3 is 14.7 Å². The number of aryl methyl sites for hydroxylation is 2. The molecule has 0 saturated carbocycles. The smallest absolute Gasteiger partial charge is 0.232 e. The molecule has 0 unspecified atom stereocenters. The molecule has 2 atom stereocenters. The minimum absolute atomic E-state index is 0.0733. The maximum atomic E-state index is 12.5. The van der Waals surface area contributed by atoms with Crippen molar-refractivity contribution in [1.82, 2.24) is 0 Å². The van der Waals surface area contributed by atoms with E-state index in [9.17, 15) is 9.90 Å². The van der Waals surface area contributed by atoms with Crippen LogP contribution >= 0.6 is 0 Å². The van der Waals surface area contributed by atoms with Gasteiger partial charge >= 0.3 is 0 Å². The summed E-state index contributed by atoms with van der Waals surface area (Å²) < 4.78 is 5.45. The number of rotatable bonds is 3. The number of phenolic OH excluding ortho intramolecular Hbond substituents is 1. The van der Waals surface area contributed by atoms with Crippen molar-refractivity contribution in [2.24, 2.45) is 5.92 Å². The van der Waals surface area contributed by atoms with Gasteiger partial charge in [0.15, 0.2) is 0 Å². The number of hydrogen-bond donors (Lipinski definition) is 1. The molecule has 0 aromatic heterocycles. The molecule has 1 fully saturated rings. The van der Waals surface area contributed by atoms with Crippen LogP contribution in [0.5, 0.6) is 11.5 Å². The fourth-order valence-electron chi connectivity index (χ4n) is 3.33. The number of benzene rings is 2. The Bertz CT molecular complexity index is 813. The number of hydrogen-bond acceptors (Lipinski definition) is 3. The van der Waals surface area contributed by atoms with E-state index >= 15 is 0 Å². The second kappa shape index (κ2) is 5.86. The number of aromatic hydroxyl groups is 1. The number of anilines is 1. The van der Waals surface area contributed by atoms with Crippen LogP contribution in [0.15, 0.2) is 30.3 Å². The molecule has 4 heteroatoms. The lowest BCUT2D eigenvalue weighted by Gasteiger charge is -2.46. The molecule has 0 bridgehead atoms. The van der Waals surface area contributed by atoms with Gasteiger partial charge in [0.2, 0.25) is 5.91 Å². The van der Waals surface area contributed by atoms with Gasteiger partial charge in [-0.3, -0.25) is 4.79 Å². The average molecular weight is 325 g/mol. The van der Waals surface area contributed by atoms with E-state index < -0.39 is 0 Å². The predicted octanol–water partition coefficient (Wildman–Crippen LogP) is 4.05. The summed E-state index contributed by atoms with van der Waals surface area (Å²) in [5.74, 6) is 1.02. The summed E-state index contributed by atoms with van der Waals surface area (Å²) >= 11 is 0. The number of nitrogens with zero attached hydrogens (tertiary/aromatic N) is 1. The quantitative estimate of drug-likeness (QED) is 0.866. The first-order chi connectivity index (χ1) is 11.3. The summed E-state index contributed by atoms with van der Waals surface area (Å²) in [6.45, 7) is 7.81. The first-order valence-electron chi connectivity index (χ1n) is 8.13. The van der Waals surface area contributed by atoms with Gasteiger partial charge in [0.25, 0.3) is 0 Å². The van der Waals surface area contributed by atoms with Gasteiger partial charge in [-0.1, -0.05) is 19.1 Å². The van der Waals surface area contributed by atoms with Gasteiger partial charge in [-0.05, 0) is 55.2 Å². The van der Waals surface area contributed by atoms with E-state index in [1.54, 1.807) is 18.1 Å². The summed E-state index contributed by atoms with van der Waals surface area (Å²) in [7, 11) is 1.64. The Hall–Kier alpha value is -2.49. The number of ether oxygens (including phenoxy) is 1. The molecule has 3 rings (SSSR count). The molecular weight excluding hydrogens is 302 g/mol. The van der Waals surface area contributed by atoms with Crippen LogP contribution < -0.4 is 9.64 Å². The Balaban J connectivity index is 2.04. The number of phenols is 1. The number of methoxy groups -OCH3 is 1. The van der Waals surface area contributed by atoms with Crippen molar-refractivity contribution < 1.29 is 14.6 Å². The van der Waals surface area contributed by atoms with E-state index in [2.05, 4.69) is 0 Å². The van der Waals surface area contributed by atoms with Crippen LogP contribution in [-0.2, 0) is 4.79 Å². The zero-order valence-electron chi connectivity index (χ0n) is 14.8. The fraction of sp³-hybridized carbons (Fsp3) is 0.350. The third-order valence-electron chi connectivity index (χ3n) is 5.06. The number of amides is 1. The molecule has 4 nitrogen and oxygen atoms in total. The fourth-order valence-corrected chi connectivity index (χ4v) is 3.33. The van der Waals surface area contributed by atoms with Gasteiger partial charge in [0, 0.05) is 11.8 Å². The lowest BCUT2D eigenvalue weighted by atomic mass is 9.82. The number of carbonyl (C=O) groups excluding carboxylic acids is 1. The maximum Gasteiger partial charge on any atom is 0.232 e. The highest BCUT2D eigenvalue weighted by molar-refractivity contribution is 6.03. The van der Waals surface area contributed by atoms with Gasteiger partial charge in [-0.25, -0.2) is 0 Å². The maximum absolute atomic E-state index is 12.5. The Kier molecular flexibility index (Phi) is 3.99. The highest BCUT2D eigenvalue weighted by Gasteiger charge is 2.46.